The van der Waals surface area contributed by atoms with E-state index >= 15 is 0 Å². The zero-order chi connectivity index (χ0) is 14.4. The van der Waals surface area contributed by atoms with Crippen molar-refractivity contribution < 1.29 is 13.2 Å². The van der Waals surface area contributed by atoms with Crippen molar-refractivity contribution in [2.45, 2.75) is 50.3 Å². The summed E-state index contributed by atoms with van der Waals surface area (Å²) in [5.41, 5.74) is 0. The maximum absolute atomic E-state index is 12.0. The molecule has 1 aromatic rings. The molecule has 0 radical (unpaired) electrons. The minimum Gasteiger partial charge on any atom is -0.493 e. The molecule has 20 heavy (non-hydrogen) atoms. The first-order chi connectivity index (χ1) is 9.62. The van der Waals surface area contributed by atoms with E-state index in [0.29, 0.717) is 29.6 Å². The molecule has 0 saturated heterocycles. The van der Waals surface area contributed by atoms with Gasteiger partial charge in [0, 0.05) is 0 Å². The van der Waals surface area contributed by atoms with Crippen molar-refractivity contribution in [2.24, 2.45) is 5.92 Å². The molecule has 1 aliphatic carbocycles. The van der Waals surface area contributed by atoms with Gasteiger partial charge >= 0.3 is 0 Å². The molecule has 4 heteroatoms. The molecule has 3 nitrogen and oxygen atoms in total. The second kappa shape index (κ2) is 7.11. The van der Waals surface area contributed by atoms with Crippen LogP contribution in [0, 0.1) is 5.92 Å². The van der Waals surface area contributed by atoms with Crippen molar-refractivity contribution in [3.8, 4) is 5.75 Å². The molecule has 0 atom stereocenters. The Morgan fingerprint density at radius 1 is 1.20 bits per heavy atom. The molecule has 1 saturated carbocycles. The van der Waals surface area contributed by atoms with E-state index in [1.54, 1.807) is 18.2 Å². The number of hydrogen-bond acceptors (Lipinski definition) is 3. The van der Waals surface area contributed by atoms with E-state index in [-0.39, 0.29) is 5.75 Å². The summed E-state index contributed by atoms with van der Waals surface area (Å²) in [5.74, 6) is 1.49. The van der Waals surface area contributed by atoms with Crippen LogP contribution in [0.5, 0.6) is 5.75 Å². The fraction of sp³-hybridized carbons (Fsp3) is 0.625. The summed E-state index contributed by atoms with van der Waals surface area (Å²) in [6.07, 6.45) is 7.01. The molecule has 0 heterocycles. The third-order valence-corrected chi connectivity index (χ3v) is 5.77. The fourth-order valence-electron chi connectivity index (χ4n) is 2.71. The van der Waals surface area contributed by atoms with Crippen LogP contribution < -0.4 is 4.74 Å². The zero-order valence-electron chi connectivity index (χ0n) is 12.2. The van der Waals surface area contributed by atoms with E-state index in [1.807, 2.05) is 13.0 Å². The van der Waals surface area contributed by atoms with Gasteiger partial charge in [0.2, 0.25) is 0 Å². The molecule has 0 N–H and O–H groups in total. The second-order valence-electron chi connectivity index (χ2n) is 5.61. The van der Waals surface area contributed by atoms with Crippen LogP contribution >= 0.6 is 0 Å². The van der Waals surface area contributed by atoms with E-state index in [9.17, 15) is 8.42 Å². The smallest absolute Gasteiger partial charge is 0.178 e. The summed E-state index contributed by atoms with van der Waals surface area (Å²) in [6.45, 7) is 2.58. The Morgan fingerprint density at radius 3 is 2.65 bits per heavy atom. The molecule has 1 aromatic carbocycles. The monoisotopic (exact) mass is 296 g/mol. The lowest BCUT2D eigenvalue weighted by Crippen LogP contribution is -2.15. The minimum atomic E-state index is -3.16. The van der Waals surface area contributed by atoms with Crippen LogP contribution in [-0.4, -0.2) is 20.8 Å². The van der Waals surface area contributed by atoms with Crippen molar-refractivity contribution in [1.29, 1.82) is 0 Å². The van der Waals surface area contributed by atoms with E-state index in [1.165, 1.54) is 32.1 Å². The number of benzene rings is 1. The van der Waals surface area contributed by atoms with Crippen LogP contribution in [0.4, 0.5) is 0 Å². The van der Waals surface area contributed by atoms with Crippen molar-refractivity contribution in [2.75, 3.05) is 12.4 Å². The molecule has 1 fully saturated rings. The third-order valence-electron chi connectivity index (χ3n) is 3.85. The molecule has 0 spiro atoms. The fourth-order valence-corrected chi connectivity index (χ4v) is 4.07. The molecule has 112 valence electrons. The van der Waals surface area contributed by atoms with Gasteiger partial charge in [-0.25, -0.2) is 8.42 Å². The number of ether oxygens (including phenoxy) is 1. The average molecular weight is 296 g/mol. The third kappa shape index (κ3) is 4.23. The number of sulfone groups is 1. The van der Waals surface area contributed by atoms with Crippen LogP contribution in [0.3, 0.4) is 0 Å². The maximum Gasteiger partial charge on any atom is 0.178 e. The van der Waals surface area contributed by atoms with Crippen molar-refractivity contribution in [3.63, 3.8) is 0 Å². The van der Waals surface area contributed by atoms with Gasteiger partial charge < -0.3 is 4.74 Å². The van der Waals surface area contributed by atoms with Crippen LogP contribution in [-0.2, 0) is 9.84 Å². The summed E-state index contributed by atoms with van der Waals surface area (Å²) in [4.78, 5) is 0.375. The largest absolute Gasteiger partial charge is 0.493 e. The summed E-state index contributed by atoms with van der Waals surface area (Å²) in [6, 6.07) is 6.92. The second-order valence-corrected chi connectivity index (χ2v) is 7.72. The maximum atomic E-state index is 12.0. The summed E-state index contributed by atoms with van der Waals surface area (Å²) in [5, 5.41) is 0. The van der Waals surface area contributed by atoms with Crippen molar-refractivity contribution in [3.05, 3.63) is 24.3 Å². The van der Waals surface area contributed by atoms with Crippen molar-refractivity contribution >= 4 is 9.84 Å². The van der Waals surface area contributed by atoms with Crippen LogP contribution in [0.15, 0.2) is 29.2 Å². The molecule has 0 amide bonds. The lowest BCUT2D eigenvalue weighted by molar-refractivity contribution is 0.208. The molecule has 0 aromatic heterocycles. The van der Waals surface area contributed by atoms with E-state index in [2.05, 4.69) is 0 Å². The normalized spacial score (nSPS) is 17.1. The highest BCUT2D eigenvalue weighted by molar-refractivity contribution is 7.91. The Morgan fingerprint density at radius 2 is 1.95 bits per heavy atom. The SMILES string of the molecule is CCCS(=O)(=O)c1cccc(OCC2CCCCC2)c1. The number of hydrogen-bond donors (Lipinski definition) is 0. The molecular formula is C16H24O3S. The topological polar surface area (TPSA) is 43.4 Å². The highest BCUT2D eigenvalue weighted by Gasteiger charge is 2.16. The quantitative estimate of drug-likeness (QED) is 0.801. The Bertz CT molecular complexity index is 516. The molecular weight excluding hydrogens is 272 g/mol. The van der Waals surface area contributed by atoms with Gasteiger partial charge in [-0.3, -0.25) is 0 Å². The predicted octanol–water partition coefficient (Wildman–Crippen LogP) is 3.83. The van der Waals surface area contributed by atoms with Gasteiger partial charge in [-0.2, -0.15) is 0 Å². The van der Waals surface area contributed by atoms with Gasteiger partial charge in [-0.1, -0.05) is 32.3 Å². The van der Waals surface area contributed by atoms with Gasteiger partial charge in [-0.05, 0) is 43.4 Å². The number of rotatable bonds is 6. The van der Waals surface area contributed by atoms with E-state index in [0.717, 1.165) is 0 Å². The molecule has 0 aliphatic heterocycles. The Kier molecular flexibility index (Phi) is 5.46. The predicted molar refractivity (Wildman–Crippen MR) is 80.9 cm³/mol. The van der Waals surface area contributed by atoms with Crippen molar-refractivity contribution in [1.82, 2.24) is 0 Å². The Hall–Kier alpha value is -1.03. The van der Waals surface area contributed by atoms with Gasteiger partial charge in [-0.15, -0.1) is 0 Å². The first-order valence-corrected chi connectivity index (χ1v) is 9.22. The molecule has 0 unspecified atom stereocenters. The Labute approximate surface area is 122 Å². The standard InChI is InChI=1S/C16H24O3S/c1-2-11-20(17,18)16-10-6-9-15(12-16)19-13-14-7-4-3-5-8-14/h6,9-10,12,14H,2-5,7-8,11,13H2,1H3. The minimum absolute atomic E-state index is 0.194. The first kappa shape index (κ1) is 15.4. The van der Waals surface area contributed by atoms with Gasteiger partial charge in [0.05, 0.1) is 17.3 Å². The summed E-state index contributed by atoms with van der Waals surface area (Å²) in [7, 11) is -3.16. The van der Waals surface area contributed by atoms with Crippen LogP contribution in [0.2, 0.25) is 0 Å². The lowest BCUT2D eigenvalue weighted by atomic mass is 9.90. The highest BCUT2D eigenvalue weighted by Crippen LogP contribution is 2.25. The highest BCUT2D eigenvalue weighted by atomic mass is 32.2. The molecule has 1 aliphatic rings. The van der Waals surface area contributed by atoms with Crippen LogP contribution in [0.25, 0.3) is 0 Å². The van der Waals surface area contributed by atoms with Gasteiger partial charge in [0.25, 0.3) is 0 Å². The van der Waals surface area contributed by atoms with E-state index < -0.39 is 9.84 Å². The average Bonchev–Trinajstić information content (AvgIpc) is 2.46. The van der Waals surface area contributed by atoms with E-state index in [4.69, 9.17) is 4.74 Å². The van der Waals surface area contributed by atoms with Gasteiger partial charge in [0.15, 0.2) is 9.84 Å². The van der Waals surface area contributed by atoms with Gasteiger partial charge in [0.1, 0.15) is 5.75 Å². The summed E-state index contributed by atoms with van der Waals surface area (Å²) < 4.78 is 29.9. The zero-order valence-corrected chi connectivity index (χ0v) is 13.0. The lowest BCUT2D eigenvalue weighted by Gasteiger charge is -2.21. The summed E-state index contributed by atoms with van der Waals surface area (Å²) >= 11 is 0. The molecule has 0 bridgehead atoms. The first-order valence-electron chi connectivity index (χ1n) is 7.57. The Balaban J connectivity index is 1.98. The molecule has 2 rings (SSSR count). The van der Waals surface area contributed by atoms with Crippen LogP contribution in [0.1, 0.15) is 45.4 Å².